The Morgan fingerprint density at radius 1 is 1.35 bits per heavy atom. The highest BCUT2D eigenvalue weighted by Crippen LogP contribution is 2.33. The summed E-state index contributed by atoms with van der Waals surface area (Å²) in [6.07, 6.45) is 2.45. The maximum Gasteiger partial charge on any atom is 0.311 e. The summed E-state index contributed by atoms with van der Waals surface area (Å²) in [7, 11) is 0. The van der Waals surface area contributed by atoms with Crippen LogP contribution in [-0.4, -0.2) is 47.1 Å². The molecule has 0 radical (unpaired) electrons. The van der Waals surface area contributed by atoms with E-state index in [0.29, 0.717) is 38.9 Å². The number of aliphatic carboxylic acids is 1. The van der Waals surface area contributed by atoms with Gasteiger partial charge in [0.15, 0.2) is 0 Å². The third-order valence-corrected chi connectivity index (χ3v) is 4.05. The zero-order chi connectivity index (χ0) is 15.4. The van der Waals surface area contributed by atoms with Crippen LogP contribution < -0.4 is 5.32 Å². The second-order valence-electron chi connectivity index (χ2n) is 6.78. The second-order valence-corrected chi connectivity index (χ2v) is 6.78. The summed E-state index contributed by atoms with van der Waals surface area (Å²) in [5.41, 5.74) is -0.748. The maximum atomic E-state index is 12.2. The monoisotopic (exact) mass is 284 g/mol. The first-order chi connectivity index (χ1) is 9.20. The number of hydrogen-bond donors (Lipinski definition) is 2. The van der Waals surface area contributed by atoms with Gasteiger partial charge in [0, 0.05) is 31.6 Å². The van der Waals surface area contributed by atoms with Gasteiger partial charge in [-0.2, -0.15) is 0 Å². The Bertz CT molecular complexity index is 363. The number of carboxylic acids is 1. The minimum absolute atomic E-state index is 0.00355. The standard InChI is InChI=1S/C15H28N2O3/c1-5-15(13(19)20)8-6-10-17(11-15)12(18)7-9-16-14(2,3)4/h16H,5-11H2,1-4H3,(H,19,20). The summed E-state index contributed by atoms with van der Waals surface area (Å²) in [5, 5.41) is 12.7. The highest BCUT2D eigenvalue weighted by Gasteiger charge is 2.41. The van der Waals surface area contributed by atoms with Crippen LogP contribution in [0.3, 0.4) is 0 Å². The minimum Gasteiger partial charge on any atom is -0.481 e. The molecule has 5 heteroatoms. The molecule has 0 aromatic rings. The molecule has 0 bridgehead atoms. The SMILES string of the molecule is CCC1(C(=O)O)CCCN(C(=O)CCNC(C)(C)C)C1. The molecule has 1 amide bonds. The molecule has 116 valence electrons. The van der Waals surface area contributed by atoms with E-state index in [9.17, 15) is 14.7 Å². The van der Waals surface area contributed by atoms with Crippen LogP contribution in [0.15, 0.2) is 0 Å². The zero-order valence-electron chi connectivity index (χ0n) is 13.2. The molecule has 0 spiro atoms. The number of carbonyl (C=O) groups is 2. The third kappa shape index (κ3) is 4.47. The average molecular weight is 284 g/mol. The molecule has 1 heterocycles. The van der Waals surface area contributed by atoms with Crippen molar-refractivity contribution in [2.45, 2.75) is 58.9 Å². The van der Waals surface area contributed by atoms with E-state index in [1.165, 1.54) is 0 Å². The molecule has 1 fully saturated rings. The Labute approximate surface area is 121 Å². The first-order valence-electron chi connectivity index (χ1n) is 7.46. The number of nitrogens with one attached hydrogen (secondary N) is 1. The molecule has 0 aromatic carbocycles. The fourth-order valence-electron chi connectivity index (χ4n) is 2.66. The lowest BCUT2D eigenvalue weighted by Crippen LogP contribution is -2.50. The lowest BCUT2D eigenvalue weighted by atomic mass is 9.77. The van der Waals surface area contributed by atoms with Crippen molar-refractivity contribution in [2.24, 2.45) is 5.41 Å². The van der Waals surface area contributed by atoms with Crippen molar-refractivity contribution in [3.63, 3.8) is 0 Å². The predicted molar refractivity (Wildman–Crippen MR) is 78.5 cm³/mol. The first-order valence-corrected chi connectivity index (χ1v) is 7.46. The Kier molecular flexibility index (Phi) is 5.57. The predicted octanol–water partition coefficient (Wildman–Crippen LogP) is 1.87. The van der Waals surface area contributed by atoms with E-state index >= 15 is 0 Å². The molecule has 1 aliphatic heterocycles. The van der Waals surface area contributed by atoms with E-state index in [2.05, 4.69) is 26.1 Å². The fourth-order valence-corrected chi connectivity index (χ4v) is 2.66. The van der Waals surface area contributed by atoms with E-state index in [1.54, 1.807) is 4.90 Å². The van der Waals surface area contributed by atoms with Crippen molar-refractivity contribution < 1.29 is 14.7 Å². The number of piperidine rings is 1. The second kappa shape index (κ2) is 6.57. The smallest absolute Gasteiger partial charge is 0.311 e. The number of carboxylic acid groups (broad SMARTS) is 1. The Morgan fingerprint density at radius 3 is 2.50 bits per heavy atom. The summed E-state index contributed by atoms with van der Waals surface area (Å²) >= 11 is 0. The maximum absolute atomic E-state index is 12.2. The Hall–Kier alpha value is -1.10. The van der Waals surface area contributed by atoms with E-state index in [0.717, 1.165) is 6.42 Å². The summed E-state index contributed by atoms with van der Waals surface area (Å²) in [6.45, 7) is 9.74. The number of amides is 1. The van der Waals surface area contributed by atoms with Crippen molar-refractivity contribution >= 4 is 11.9 Å². The van der Waals surface area contributed by atoms with Gasteiger partial charge < -0.3 is 15.3 Å². The van der Waals surface area contributed by atoms with Crippen LogP contribution in [0.25, 0.3) is 0 Å². The molecule has 0 aliphatic carbocycles. The highest BCUT2D eigenvalue weighted by atomic mass is 16.4. The fraction of sp³-hybridized carbons (Fsp3) is 0.867. The summed E-state index contributed by atoms with van der Waals surface area (Å²) < 4.78 is 0. The van der Waals surface area contributed by atoms with Gasteiger partial charge in [-0.25, -0.2) is 0 Å². The summed E-state index contributed by atoms with van der Waals surface area (Å²) in [6, 6.07) is 0. The average Bonchev–Trinajstić information content (AvgIpc) is 2.36. The van der Waals surface area contributed by atoms with Gasteiger partial charge in [0.05, 0.1) is 5.41 Å². The molecule has 0 saturated carbocycles. The van der Waals surface area contributed by atoms with Gasteiger partial charge in [0.2, 0.25) is 5.91 Å². The molecule has 1 rings (SSSR count). The molecular formula is C15H28N2O3. The number of rotatable bonds is 5. The van der Waals surface area contributed by atoms with Gasteiger partial charge >= 0.3 is 5.97 Å². The molecule has 2 N–H and O–H groups in total. The van der Waals surface area contributed by atoms with Crippen LogP contribution in [0.4, 0.5) is 0 Å². The van der Waals surface area contributed by atoms with Crippen LogP contribution >= 0.6 is 0 Å². The highest BCUT2D eigenvalue weighted by molar-refractivity contribution is 5.79. The van der Waals surface area contributed by atoms with E-state index in [-0.39, 0.29) is 11.4 Å². The first kappa shape index (κ1) is 17.0. The molecule has 5 nitrogen and oxygen atoms in total. The van der Waals surface area contributed by atoms with Crippen LogP contribution in [0.5, 0.6) is 0 Å². The van der Waals surface area contributed by atoms with Gasteiger partial charge in [-0.1, -0.05) is 6.92 Å². The molecule has 1 atom stereocenters. The van der Waals surface area contributed by atoms with E-state index < -0.39 is 11.4 Å². The largest absolute Gasteiger partial charge is 0.481 e. The Morgan fingerprint density at radius 2 is 2.00 bits per heavy atom. The molecule has 1 unspecified atom stereocenters. The van der Waals surface area contributed by atoms with Gasteiger partial charge in [-0.05, 0) is 40.0 Å². The van der Waals surface area contributed by atoms with Crippen LogP contribution in [0, 0.1) is 5.41 Å². The number of likely N-dealkylation sites (tertiary alicyclic amines) is 1. The van der Waals surface area contributed by atoms with Gasteiger partial charge in [0.1, 0.15) is 0 Å². The summed E-state index contributed by atoms with van der Waals surface area (Å²) in [4.78, 5) is 25.4. The van der Waals surface area contributed by atoms with Crippen molar-refractivity contribution in [2.75, 3.05) is 19.6 Å². The van der Waals surface area contributed by atoms with Crippen molar-refractivity contribution in [1.29, 1.82) is 0 Å². The molecule has 1 aliphatic rings. The Balaban J connectivity index is 2.54. The van der Waals surface area contributed by atoms with E-state index in [1.807, 2.05) is 6.92 Å². The van der Waals surface area contributed by atoms with Crippen molar-refractivity contribution in [1.82, 2.24) is 10.2 Å². The zero-order valence-corrected chi connectivity index (χ0v) is 13.2. The third-order valence-electron chi connectivity index (χ3n) is 4.05. The number of carbonyl (C=O) groups excluding carboxylic acids is 1. The van der Waals surface area contributed by atoms with Crippen LogP contribution in [-0.2, 0) is 9.59 Å². The minimum atomic E-state index is -0.773. The quantitative estimate of drug-likeness (QED) is 0.808. The topological polar surface area (TPSA) is 69.6 Å². The lowest BCUT2D eigenvalue weighted by Gasteiger charge is -2.39. The van der Waals surface area contributed by atoms with Gasteiger partial charge in [-0.3, -0.25) is 9.59 Å². The van der Waals surface area contributed by atoms with E-state index in [4.69, 9.17) is 0 Å². The van der Waals surface area contributed by atoms with Crippen LogP contribution in [0.2, 0.25) is 0 Å². The summed E-state index contributed by atoms with van der Waals surface area (Å²) in [5.74, 6) is -0.717. The van der Waals surface area contributed by atoms with Crippen LogP contribution in [0.1, 0.15) is 53.4 Å². The van der Waals surface area contributed by atoms with Gasteiger partial charge in [0.25, 0.3) is 0 Å². The lowest BCUT2D eigenvalue weighted by molar-refractivity contribution is -0.155. The number of nitrogens with zero attached hydrogens (tertiary/aromatic N) is 1. The van der Waals surface area contributed by atoms with Gasteiger partial charge in [-0.15, -0.1) is 0 Å². The van der Waals surface area contributed by atoms with Crippen molar-refractivity contribution in [3.8, 4) is 0 Å². The molecule has 20 heavy (non-hydrogen) atoms. The normalized spacial score (nSPS) is 23.7. The number of hydrogen-bond acceptors (Lipinski definition) is 3. The van der Waals surface area contributed by atoms with Crippen molar-refractivity contribution in [3.05, 3.63) is 0 Å². The molecular weight excluding hydrogens is 256 g/mol. The molecule has 0 aromatic heterocycles. The molecule has 1 saturated heterocycles.